The van der Waals surface area contributed by atoms with Gasteiger partial charge in [0, 0.05) is 29.2 Å². The molecule has 108 valence electrons. The highest BCUT2D eigenvalue weighted by atomic mass is 16.1. The maximum Gasteiger partial charge on any atom is 0.251 e. The quantitative estimate of drug-likeness (QED) is 0.853. The standard InChI is InChI=1S/C17H24N2O/c1-11(2)15(12(3)4)10-19-17(20)14-5-6-16-13(9-14)7-8-18-16/h5-9,11-12,15,18H,10H2,1-4H3,(H,19,20). The Kier molecular flexibility index (Phi) is 4.48. The highest BCUT2D eigenvalue weighted by molar-refractivity contribution is 5.98. The lowest BCUT2D eigenvalue weighted by Crippen LogP contribution is -2.33. The molecule has 0 saturated carbocycles. The second kappa shape index (κ2) is 6.12. The largest absolute Gasteiger partial charge is 0.361 e. The third-order valence-corrected chi connectivity index (χ3v) is 4.03. The van der Waals surface area contributed by atoms with Gasteiger partial charge in [-0.05, 0) is 42.0 Å². The fourth-order valence-electron chi connectivity index (χ4n) is 2.75. The summed E-state index contributed by atoms with van der Waals surface area (Å²) in [7, 11) is 0. The first-order valence-electron chi connectivity index (χ1n) is 7.34. The monoisotopic (exact) mass is 272 g/mol. The van der Waals surface area contributed by atoms with Gasteiger partial charge in [-0.15, -0.1) is 0 Å². The van der Waals surface area contributed by atoms with Gasteiger partial charge in [0.15, 0.2) is 0 Å². The van der Waals surface area contributed by atoms with Crippen LogP contribution in [0.5, 0.6) is 0 Å². The summed E-state index contributed by atoms with van der Waals surface area (Å²) < 4.78 is 0. The molecule has 0 atom stereocenters. The van der Waals surface area contributed by atoms with Crippen LogP contribution in [0, 0.1) is 17.8 Å². The normalized spacial score (nSPS) is 11.8. The molecule has 0 saturated heterocycles. The number of carbonyl (C=O) groups is 1. The van der Waals surface area contributed by atoms with Crippen LogP contribution in [0.25, 0.3) is 10.9 Å². The minimum Gasteiger partial charge on any atom is -0.361 e. The third kappa shape index (κ3) is 3.21. The maximum atomic E-state index is 12.2. The molecule has 3 heteroatoms. The number of H-pyrrole nitrogens is 1. The van der Waals surface area contributed by atoms with E-state index >= 15 is 0 Å². The predicted molar refractivity (Wildman–Crippen MR) is 83.8 cm³/mol. The molecule has 1 aromatic carbocycles. The van der Waals surface area contributed by atoms with Crippen molar-refractivity contribution in [3.63, 3.8) is 0 Å². The number of carbonyl (C=O) groups excluding carboxylic acids is 1. The minimum atomic E-state index is 0.0133. The van der Waals surface area contributed by atoms with E-state index in [1.165, 1.54) is 0 Å². The molecule has 1 heterocycles. The first-order chi connectivity index (χ1) is 9.49. The molecule has 2 N–H and O–H groups in total. The highest BCUT2D eigenvalue weighted by Crippen LogP contribution is 2.20. The van der Waals surface area contributed by atoms with Crippen molar-refractivity contribution in [3.05, 3.63) is 36.0 Å². The lowest BCUT2D eigenvalue weighted by atomic mass is 9.85. The molecule has 0 spiro atoms. The van der Waals surface area contributed by atoms with Gasteiger partial charge >= 0.3 is 0 Å². The number of rotatable bonds is 5. The van der Waals surface area contributed by atoms with Crippen LogP contribution in [0.1, 0.15) is 38.1 Å². The van der Waals surface area contributed by atoms with E-state index in [1.54, 1.807) is 0 Å². The zero-order valence-electron chi connectivity index (χ0n) is 12.7. The summed E-state index contributed by atoms with van der Waals surface area (Å²) in [4.78, 5) is 15.4. The molecule has 0 bridgehead atoms. The van der Waals surface area contributed by atoms with Crippen LogP contribution < -0.4 is 5.32 Å². The summed E-state index contributed by atoms with van der Waals surface area (Å²) in [5.41, 5.74) is 1.78. The van der Waals surface area contributed by atoms with E-state index in [2.05, 4.69) is 38.0 Å². The Labute approximate surface area is 120 Å². The molecule has 0 aliphatic rings. The number of aromatic amines is 1. The summed E-state index contributed by atoms with van der Waals surface area (Å²) >= 11 is 0. The lowest BCUT2D eigenvalue weighted by molar-refractivity contribution is 0.0937. The summed E-state index contributed by atoms with van der Waals surface area (Å²) in [5, 5.41) is 4.14. The van der Waals surface area contributed by atoms with Gasteiger partial charge in [-0.1, -0.05) is 27.7 Å². The Morgan fingerprint density at radius 3 is 2.50 bits per heavy atom. The molecule has 0 aliphatic heterocycles. The van der Waals surface area contributed by atoms with Gasteiger partial charge in [-0.3, -0.25) is 4.79 Å². The third-order valence-electron chi connectivity index (χ3n) is 4.03. The van der Waals surface area contributed by atoms with Crippen molar-refractivity contribution >= 4 is 16.8 Å². The lowest BCUT2D eigenvalue weighted by Gasteiger charge is -2.25. The molecule has 1 amide bonds. The van der Waals surface area contributed by atoms with E-state index in [0.717, 1.165) is 23.0 Å². The summed E-state index contributed by atoms with van der Waals surface area (Å²) in [6, 6.07) is 7.73. The van der Waals surface area contributed by atoms with Crippen molar-refractivity contribution in [2.24, 2.45) is 17.8 Å². The number of benzene rings is 1. The van der Waals surface area contributed by atoms with Crippen LogP contribution in [0.15, 0.2) is 30.5 Å². The summed E-state index contributed by atoms with van der Waals surface area (Å²) in [6.07, 6.45) is 1.89. The Bertz CT molecular complexity index is 575. The second-order valence-electron chi connectivity index (χ2n) is 6.14. The van der Waals surface area contributed by atoms with E-state index in [-0.39, 0.29) is 5.91 Å². The number of nitrogens with one attached hydrogen (secondary N) is 2. The van der Waals surface area contributed by atoms with Crippen molar-refractivity contribution in [2.75, 3.05) is 6.54 Å². The Morgan fingerprint density at radius 2 is 1.85 bits per heavy atom. The van der Waals surface area contributed by atoms with E-state index in [0.29, 0.717) is 17.8 Å². The van der Waals surface area contributed by atoms with E-state index < -0.39 is 0 Å². The van der Waals surface area contributed by atoms with Crippen LogP contribution in [0.2, 0.25) is 0 Å². The molecule has 2 rings (SSSR count). The molecular formula is C17H24N2O. The van der Waals surface area contributed by atoms with Gasteiger partial charge in [-0.2, -0.15) is 0 Å². The topological polar surface area (TPSA) is 44.9 Å². The highest BCUT2D eigenvalue weighted by Gasteiger charge is 2.18. The molecule has 20 heavy (non-hydrogen) atoms. The van der Waals surface area contributed by atoms with Crippen molar-refractivity contribution in [3.8, 4) is 0 Å². The number of hydrogen-bond donors (Lipinski definition) is 2. The minimum absolute atomic E-state index is 0.0133. The summed E-state index contributed by atoms with van der Waals surface area (Å²) in [6.45, 7) is 9.58. The van der Waals surface area contributed by atoms with Gasteiger partial charge < -0.3 is 10.3 Å². The number of fused-ring (bicyclic) bond motifs is 1. The zero-order chi connectivity index (χ0) is 14.7. The van der Waals surface area contributed by atoms with E-state index in [9.17, 15) is 4.79 Å². The van der Waals surface area contributed by atoms with Crippen LogP contribution in [0.4, 0.5) is 0 Å². The zero-order valence-corrected chi connectivity index (χ0v) is 12.7. The van der Waals surface area contributed by atoms with Crippen LogP contribution in [-0.4, -0.2) is 17.4 Å². The van der Waals surface area contributed by atoms with Gasteiger partial charge in [0.1, 0.15) is 0 Å². The van der Waals surface area contributed by atoms with Gasteiger partial charge in [0.2, 0.25) is 0 Å². The van der Waals surface area contributed by atoms with E-state index in [1.807, 2.05) is 30.5 Å². The van der Waals surface area contributed by atoms with Crippen molar-refractivity contribution in [1.82, 2.24) is 10.3 Å². The first kappa shape index (κ1) is 14.6. The second-order valence-corrected chi connectivity index (χ2v) is 6.14. The molecule has 0 fully saturated rings. The SMILES string of the molecule is CC(C)C(CNC(=O)c1ccc2[nH]ccc2c1)C(C)C. The molecule has 0 aliphatic carbocycles. The Balaban J connectivity index is 2.04. The van der Waals surface area contributed by atoms with Crippen LogP contribution >= 0.6 is 0 Å². The Morgan fingerprint density at radius 1 is 1.15 bits per heavy atom. The fourth-order valence-corrected chi connectivity index (χ4v) is 2.75. The Hall–Kier alpha value is -1.77. The molecule has 2 aromatic rings. The van der Waals surface area contributed by atoms with Gasteiger partial charge in [0.05, 0.1) is 0 Å². The molecular weight excluding hydrogens is 248 g/mol. The van der Waals surface area contributed by atoms with Crippen molar-refractivity contribution < 1.29 is 4.79 Å². The van der Waals surface area contributed by atoms with Crippen molar-refractivity contribution in [2.45, 2.75) is 27.7 Å². The number of aromatic nitrogens is 1. The average molecular weight is 272 g/mol. The fraction of sp³-hybridized carbons (Fsp3) is 0.471. The number of hydrogen-bond acceptors (Lipinski definition) is 1. The molecule has 0 radical (unpaired) electrons. The first-order valence-corrected chi connectivity index (χ1v) is 7.34. The van der Waals surface area contributed by atoms with Gasteiger partial charge in [-0.25, -0.2) is 0 Å². The van der Waals surface area contributed by atoms with Crippen molar-refractivity contribution in [1.29, 1.82) is 0 Å². The molecule has 1 aromatic heterocycles. The van der Waals surface area contributed by atoms with Gasteiger partial charge in [0.25, 0.3) is 5.91 Å². The average Bonchev–Trinajstić information content (AvgIpc) is 2.84. The maximum absolute atomic E-state index is 12.2. The summed E-state index contributed by atoms with van der Waals surface area (Å²) in [5.74, 6) is 1.67. The van der Waals surface area contributed by atoms with E-state index in [4.69, 9.17) is 0 Å². The molecule has 3 nitrogen and oxygen atoms in total. The number of amides is 1. The van der Waals surface area contributed by atoms with Crippen LogP contribution in [0.3, 0.4) is 0 Å². The van der Waals surface area contributed by atoms with Crippen LogP contribution in [-0.2, 0) is 0 Å². The smallest absolute Gasteiger partial charge is 0.251 e. The predicted octanol–water partition coefficient (Wildman–Crippen LogP) is 3.83. The molecule has 0 unspecified atom stereocenters.